The van der Waals surface area contributed by atoms with Gasteiger partial charge in [0, 0.05) is 12.8 Å². The number of likely N-dealkylation sites (N-methyl/N-ethyl adjacent to an activating group) is 1. The summed E-state index contributed by atoms with van der Waals surface area (Å²) in [7, 11) is 1.47. The van der Waals surface area contributed by atoms with Gasteiger partial charge in [-0.15, -0.1) is 0 Å². The monoisotopic (exact) mass is 1110 g/mol. The van der Waals surface area contributed by atoms with E-state index in [2.05, 4.69) is 111 Å². The molecule has 450 valence electrons. The van der Waals surface area contributed by atoms with Gasteiger partial charge in [0.1, 0.15) is 19.8 Å². The first-order chi connectivity index (χ1) is 38.0. The van der Waals surface area contributed by atoms with Crippen molar-refractivity contribution in [2.24, 2.45) is 0 Å². The number of phosphoric ester groups is 1. The van der Waals surface area contributed by atoms with Crippen molar-refractivity contribution in [2.75, 3.05) is 47.5 Å². The molecule has 0 aromatic rings. The number of esters is 2. The molecule has 0 aliphatic heterocycles. The third-order valence-electron chi connectivity index (χ3n) is 13.6. The van der Waals surface area contributed by atoms with Crippen LogP contribution in [0.4, 0.5) is 0 Å². The molecule has 78 heavy (non-hydrogen) atoms. The summed E-state index contributed by atoms with van der Waals surface area (Å²) in [5, 5.41) is 0. The molecule has 0 aromatic heterocycles. The Morgan fingerprint density at radius 2 is 0.731 bits per heavy atom. The zero-order chi connectivity index (χ0) is 57.0. The summed E-state index contributed by atoms with van der Waals surface area (Å²) >= 11 is 0. The smallest absolute Gasteiger partial charge is 0.462 e. The average molecular weight is 1110 g/mol. The molecule has 2 atom stereocenters. The van der Waals surface area contributed by atoms with Crippen LogP contribution < -0.4 is 0 Å². The quantitative estimate of drug-likeness (QED) is 0.0211. The molecule has 10 heteroatoms. The molecule has 0 aliphatic rings. The number of carbonyl (C=O) groups is 2. The van der Waals surface area contributed by atoms with E-state index in [1.165, 1.54) is 141 Å². The zero-order valence-corrected chi connectivity index (χ0v) is 52.0. The zero-order valence-electron chi connectivity index (χ0n) is 51.1. The van der Waals surface area contributed by atoms with Crippen LogP contribution in [0, 0.1) is 0 Å². The number of allylic oxidation sites excluding steroid dienone is 16. The SMILES string of the molecule is CC/C=C\C/C=C\C/C=C\C/C=C\C/C=C\C/C=C\CCCCCCCCCCCCCCCCCCCCCCC(=O)OC(COC(=O)CCCCCCC/C=C\C/C=C\CCCCC)COP(=O)(O)OCC[N+](C)(C)C. The summed E-state index contributed by atoms with van der Waals surface area (Å²) in [5.41, 5.74) is 0. The highest BCUT2D eigenvalue weighted by molar-refractivity contribution is 7.47. The van der Waals surface area contributed by atoms with Crippen LogP contribution in [0.3, 0.4) is 0 Å². The van der Waals surface area contributed by atoms with E-state index in [1.54, 1.807) is 0 Å². The molecular formula is C68H121NO8P+. The molecule has 0 fully saturated rings. The minimum atomic E-state index is -4.39. The molecule has 0 spiro atoms. The molecule has 2 unspecified atom stereocenters. The first-order valence-corrected chi connectivity index (χ1v) is 33.5. The van der Waals surface area contributed by atoms with Crippen molar-refractivity contribution in [1.82, 2.24) is 0 Å². The number of nitrogens with zero attached hydrogens (tertiary/aromatic N) is 1. The Kier molecular flexibility index (Phi) is 56.3. The fraction of sp³-hybridized carbons (Fsp3) is 0.735. The summed E-state index contributed by atoms with van der Waals surface area (Å²) in [6, 6.07) is 0. The van der Waals surface area contributed by atoms with Crippen LogP contribution in [0.25, 0.3) is 0 Å². The van der Waals surface area contributed by atoms with Crippen molar-refractivity contribution in [3.63, 3.8) is 0 Å². The van der Waals surface area contributed by atoms with Crippen molar-refractivity contribution in [3.8, 4) is 0 Å². The molecule has 1 N–H and O–H groups in total. The topological polar surface area (TPSA) is 108 Å². The lowest BCUT2D eigenvalue weighted by Crippen LogP contribution is -2.37. The van der Waals surface area contributed by atoms with Crippen LogP contribution in [0.1, 0.15) is 271 Å². The van der Waals surface area contributed by atoms with Crippen LogP contribution in [0.15, 0.2) is 97.2 Å². The molecule has 0 aromatic carbocycles. The highest BCUT2D eigenvalue weighted by Gasteiger charge is 2.27. The molecule has 0 saturated carbocycles. The molecule has 0 saturated heterocycles. The summed E-state index contributed by atoms with van der Waals surface area (Å²) in [6.07, 6.45) is 80.8. The minimum Gasteiger partial charge on any atom is -0.462 e. The van der Waals surface area contributed by atoms with Gasteiger partial charge < -0.3 is 18.9 Å². The fourth-order valence-corrected chi connectivity index (χ4v) is 9.44. The van der Waals surface area contributed by atoms with Crippen molar-refractivity contribution in [2.45, 2.75) is 277 Å². The second kappa shape index (κ2) is 58.6. The van der Waals surface area contributed by atoms with Gasteiger partial charge in [-0.05, 0) is 96.3 Å². The normalized spacial score (nSPS) is 13.9. The molecular weight excluding hydrogens is 990 g/mol. The van der Waals surface area contributed by atoms with Gasteiger partial charge >= 0.3 is 19.8 Å². The molecule has 0 amide bonds. The maximum absolute atomic E-state index is 12.8. The standard InChI is InChI=1S/C68H120NO8P/c1-6-8-10-12-14-16-18-20-22-23-24-25-26-27-28-29-30-31-32-33-34-35-36-37-38-39-40-41-42-43-44-45-47-49-51-53-55-57-59-61-68(71)77-66(65-76-78(72,73)75-63-62-69(3,4)5)64-74-67(70)60-58-56-54-52-50-48-46-21-19-17-15-13-11-9-7-2/h8,10,14-17,20-22,24-25,27-28,30-31,46,66H,6-7,9,11-13,18-19,23,26,29,32-45,47-65H2,1-5H3/p+1/b10-8-,16-14-,17-15-,22-20-,25-24-,28-27-,31-30-,46-21-. The summed E-state index contributed by atoms with van der Waals surface area (Å²) in [4.78, 5) is 35.7. The van der Waals surface area contributed by atoms with Crippen molar-refractivity contribution in [3.05, 3.63) is 97.2 Å². The number of unbranched alkanes of at least 4 members (excludes halogenated alkanes) is 28. The lowest BCUT2D eigenvalue weighted by Gasteiger charge is -2.24. The Bertz CT molecular complexity index is 1640. The van der Waals surface area contributed by atoms with Gasteiger partial charge in [0.25, 0.3) is 0 Å². The number of carbonyl (C=O) groups excluding carboxylic acids is 2. The molecule has 9 nitrogen and oxygen atoms in total. The lowest BCUT2D eigenvalue weighted by molar-refractivity contribution is -0.870. The van der Waals surface area contributed by atoms with Gasteiger partial charge in [-0.1, -0.05) is 259 Å². The third kappa shape index (κ3) is 62.1. The number of ether oxygens (including phenoxy) is 2. The predicted octanol–water partition coefficient (Wildman–Crippen LogP) is 20.4. The minimum absolute atomic E-state index is 0.0276. The van der Waals surface area contributed by atoms with Crippen LogP contribution in [-0.2, 0) is 32.7 Å². The van der Waals surface area contributed by atoms with E-state index in [4.69, 9.17) is 18.5 Å². The number of hydrogen-bond acceptors (Lipinski definition) is 7. The van der Waals surface area contributed by atoms with E-state index < -0.39 is 26.5 Å². The van der Waals surface area contributed by atoms with E-state index in [1.807, 2.05) is 21.1 Å². The van der Waals surface area contributed by atoms with Gasteiger partial charge in [-0.25, -0.2) is 4.57 Å². The van der Waals surface area contributed by atoms with Gasteiger partial charge in [-0.2, -0.15) is 0 Å². The van der Waals surface area contributed by atoms with Crippen LogP contribution >= 0.6 is 7.82 Å². The third-order valence-corrected chi connectivity index (χ3v) is 14.6. The van der Waals surface area contributed by atoms with E-state index in [-0.39, 0.29) is 32.0 Å². The number of hydrogen-bond donors (Lipinski definition) is 1. The second-order valence-corrected chi connectivity index (χ2v) is 23.9. The molecule has 0 radical (unpaired) electrons. The van der Waals surface area contributed by atoms with E-state index >= 15 is 0 Å². The van der Waals surface area contributed by atoms with E-state index in [0.29, 0.717) is 17.4 Å². The maximum Gasteiger partial charge on any atom is 0.472 e. The molecule has 0 rings (SSSR count). The van der Waals surface area contributed by atoms with Crippen LogP contribution in [0.5, 0.6) is 0 Å². The van der Waals surface area contributed by atoms with E-state index in [0.717, 1.165) is 96.3 Å². The van der Waals surface area contributed by atoms with Crippen molar-refractivity contribution < 1.29 is 42.1 Å². The number of quaternary nitrogens is 1. The Balaban J connectivity index is 3.97. The molecule has 0 heterocycles. The first-order valence-electron chi connectivity index (χ1n) is 32.0. The molecule has 0 bridgehead atoms. The van der Waals surface area contributed by atoms with Gasteiger partial charge in [0.2, 0.25) is 0 Å². The van der Waals surface area contributed by atoms with Crippen molar-refractivity contribution in [1.29, 1.82) is 0 Å². The maximum atomic E-state index is 12.8. The van der Waals surface area contributed by atoms with E-state index in [9.17, 15) is 19.0 Å². The lowest BCUT2D eigenvalue weighted by atomic mass is 10.0. The Morgan fingerprint density at radius 1 is 0.410 bits per heavy atom. The Hall–Kier alpha value is -3.07. The van der Waals surface area contributed by atoms with Crippen LogP contribution in [-0.4, -0.2) is 74.9 Å². The number of rotatable bonds is 58. The predicted molar refractivity (Wildman–Crippen MR) is 335 cm³/mol. The Morgan fingerprint density at radius 3 is 1.09 bits per heavy atom. The van der Waals surface area contributed by atoms with Gasteiger partial charge in [-0.3, -0.25) is 18.6 Å². The van der Waals surface area contributed by atoms with Gasteiger partial charge in [0.05, 0.1) is 27.7 Å². The van der Waals surface area contributed by atoms with Crippen molar-refractivity contribution >= 4 is 19.8 Å². The van der Waals surface area contributed by atoms with Gasteiger partial charge in [0.15, 0.2) is 6.10 Å². The summed E-state index contributed by atoms with van der Waals surface area (Å²) in [5.74, 6) is -0.808. The average Bonchev–Trinajstić information content (AvgIpc) is 3.41. The van der Waals surface area contributed by atoms with Crippen LogP contribution in [0.2, 0.25) is 0 Å². The highest BCUT2D eigenvalue weighted by Crippen LogP contribution is 2.43. The fourth-order valence-electron chi connectivity index (χ4n) is 8.70. The summed E-state index contributed by atoms with van der Waals surface area (Å²) < 4.78 is 34.6. The summed E-state index contributed by atoms with van der Waals surface area (Å²) in [6.45, 7) is 4.29. The number of phosphoric acid groups is 1. The largest absolute Gasteiger partial charge is 0.472 e. The highest BCUT2D eigenvalue weighted by atomic mass is 31.2. The molecule has 0 aliphatic carbocycles. The Labute approximate surface area is 481 Å². The second-order valence-electron chi connectivity index (χ2n) is 22.4. The first kappa shape index (κ1) is 74.9.